The van der Waals surface area contributed by atoms with E-state index in [0.29, 0.717) is 31.0 Å². The van der Waals surface area contributed by atoms with Crippen molar-refractivity contribution in [3.63, 3.8) is 0 Å². The summed E-state index contributed by atoms with van der Waals surface area (Å²) in [4.78, 5) is 22.9. The van der Waals surface area contributed by atoms with Gasteiger partial charge in [0.05, 0.1) is 4.90 Å². The Hall–Kier alpha value is -2.72. The Kier molecular flexibility index (Phi) is 6.38. The predicted octanol–water partition coefficient (Wildman–Crippen LogP) is 2.05. The van der Waals surface area contributed by atoms with Crippen molar-refractivity contribution in [1.82, 2.24) is 14.7 Å². The minimum absolute atomic E-state index is 0.0471. The van der Waals surface area contributed by atoms with E-state index in [0.717, 1.165) is 30.2 Å². The second-order valence-corrected chi connectivity index (χ2v) is 9.70. The molecular weight excluding hydrogens is 416 g/mol. The summed E-state index contributed by atoms with van der Waals surface area (Å²) in [5, 5.41) is 5.88. The molecule has 31 heavy (non-hydrogen) atoms. The minimum atomic E-state index is -3.65. The maximum atomic E-state index is 12.6. The lowest BCUT2D eigenvalue weighted by Crippen LogP contribution is -2.31. The summed E-state index contributed by atoms with van der Waals surface area (Å²) >= 11 is 0. The Morgan fingerprint density at radius 1 is 1.06 bits per heavy atom. The molecule has 0 unspecified atom stereocenters. The number of fused-ring (bicyclic) bond motifs is 1. The van der Waals surface area contributed by atoms with Crippen LogP contribution in [0.4, 0.5) is 17.5 Å². The van der Waals surface area contributed by atoms with Crippen LogP contribution >= 0.6 is 0 Å². The Morgan fingerprint density at radius 3 is 2.68 bits per heavy atom. The second-order valence-electron chi connectivity index (χ2n) is 7.93. The van der Waals surface area contributed by atoms with Crippen molar-refractivity contribution < 1.29 is 13.2 Å². The van der Waals surface area contributed by atoms with Crippen molar-refractivity contribution in [2.75, 3.05) is 41.7 Å². The van der Waals surface area contributed by atoms with E-state index in [9.17, 15) is 13.2 Å². The van der Waals surface area contributed by atoms with Crippen molar-refractivity contribution in [2.24, 2.45) is 0 Å². The molecule has 1 aromatic heterocycles. The summed E-state index contributed by atoms with van der Waals surface area (Å²) in [6.45, 7) is 4.50. The molecule has 1 amide bonds. The highest BCUT2D eigenvalue weighted by Crippen LogP contribution is 2.25. The van der Waals surface area contributed by atoms with Gasteiger partial charge in [-0.05, 0) is 56.4 Å². The first-order valence-corrected chi connectivity index (χ1v) is 12.2. The van der Waals surface area contributed by atoms with Crippen molar-refractivity contribution >= 4 is 33.4 Å². The van der Waals surface area contributed by atoms with Gasteiger partial charge in [-0.2, -0.15) is 4.98 Å². The summed E-state index contributed by atoms with van der Waals surface area (Å²) in [7, 11) is -3.65. The topological polar surface area (TPSA) is 116 Å². The zero-order chi connectivity index (χ0) is 21.8. The first-order valence-electron chi connectivity index (χ1n) is 10.7. The Bertz CT molecular complexity index is 1070. The summed E-state index contributed by atoms with van der Waals surface area (Å²) in [6, 6.07) is 6.76. The molecule has 0 bridgehead atoms. The fraction of sp³-hybridized carbons (Fsp3) is 0.476. The average Bonchev–Trinajstić information content (AvgIpc) is 2.76. The molecule has 2 aromatic rings. The summed E-state index contributed by atoms with van der Waals surface area (Å²) in [6.07, 6.45) is 4.50. The lowest BCUT2D eigenvalue weighted by Gasteiger charge is -2.28. The number of nitrogens with zero attached hydrogens (tertiary/aromatic N) is 3. The number of aromatic nitrogens is 2. The van der Waals surface area contributed by atoms with E-state index in [-0.39, 0.29) is 17.3 Å². The molecule has 3 N–H and O–H groups in total. The number of carbonyl (C=O) groups is 1. The van der Waals surface area contributed by atoms with Gasteiger partial charge in [0, 0.05) is 50.0 Å². The molecule has 3 heterocycles. The normalized spacial score (nSPS) is 16.5. The van der Waals surface area contributed by atoms with Crippen LogP contribution in [0.5, 0.6) is 0 Å². The number of sulfonamides is 1. The van der Waals surface area contributed by atoms with Crippen LogP contribution in [0.2, 0.25) is 0 Å². The third-order valence-electron chi connectivity index (χ3n) is 5.50. The number of hydrogen-bond acceptors (Lipinski definition) is 7. The van der Waals surface area contributed by atoms with E-state index < -0.39 is 10.0 Å². The Labute approximate surface area is 182 Å². The van der Waals surface area contributed by atoms with Crippen LogP contribution in [-0.2, 0) is 21.2 Å². The highest BCUT2D eigenvalue weighted by Gasteiger charge is 2.20. The van der Waals surface area contributed by atoms with Crippen LogP contribution in [0.25, 0.3) is 0 Å². The molecule has 0 saturated carbocycles. The van der Waals surface area contributed by atoms with Crippen molar-refractivity contribution in [2.45, 2.75) is 43.9 Å². The van der Waals surface area contributed by atoms with Gasteiger partial charge in [0.15, 0.2) is 0 Å². The fourth-order valence-corrected chi connectivity index (χ4v) is 4.97. The average molecular weight is 445 g/mol. The molecule has 9 nitrogen and oxygen atoms in total. The van der Waals surface area contributed by atoms with Crippen LogP contribution in [0.15, 0.2) is 29.2 Å². The standard InChI is InChI=1S/C21H28N6O3S/c1-15-13-19(27-11-3-2-4-12-27)26-21(24-15)22-9-10-23-31(29,30)17-6-7-18-16(14-17)5-8-20(28)25-18/h6-7,13-14,23H,2-5,8-12H2,1H3,(H,25,28)(H,22,24,26). The number of rotatable bonds is 7. The monoisotopic (exact) mass is 444 g/mol. The number of nitrogens with one attached hydrogen (secondary N) is 3. The molecule has 0 aliphatic carbocycles. The first-order chi connectivity index (χ1) is 14.9. The molecule has 1 fully saturated rings. The predicted molar refractivity (Wildman–Crippen MR) is 120 cm³/mol. The van der Waals surface area contributed by atoms with E-state index >= 15 is 0 Å². The first kappa shape index (κ1) is 21.5. The molecule has 2 aliphatic heterocycles. The number of piperidine rings is 1. The maximum absolute atomic E-state index is 12.6. The zero-order valence-electron chi connectivity index (χ0n) is 17.6. The van der Waals surface area contributed by atoms with Crippen LogP contribution in [0, 0.1) is 6.92 Å². The van der Waals surface area contributed by atoms with Gasteiger partial charge in [0.1, 0.15) is 5.82 Å². The molecule has 166 valence electrons. The molecule has 10 heteroatoms. The Balaban J connectivity index is 1.34. The molecular formula is C21H28N6O3S. The van der Waals surface area contributed by atoms with Gasteiger partial charge < -0.3 is 15.5 Å². The molecule has 4 rings (SSSR count). The zero-order valence-corrected chi connectivity index (χ0v) is 18.5. The number of hydrogen-bond donors (Lipinski definition) is 3. The van der Waals surface area contributed by atoms with E-state index in [2.05, 4.69) is 30.2 Å². The Morgan fingerprint density at radius 2 is 1.87 bits per heavy atom. The van der Waals surface area contributed by atoms with Crippen molar-refractivity contribution in [3.05, 3.63) is 35.5 Å². The molecule has 2 aliphatic rings. The number of anilines is 3. The van der Waals surface area contributed by atoms with Gasteiger partial charge in [-0.25, -0.2) is 18.1 Å². The molecule has 1 aromatic carbocycles. The third-order valence-corrected chi connectivity index (χ3v) is 6.96. The number of aryl methyl sites for hydroxylation is 2. The van der Waals surface area contributed by atoms with E-state index in [1.54, 1.807) is 12.1 Å². The lowest BCUT2D eigenvalue weighted by molar-refractivity contribution is -0.116. The molecule has 0 spiro atoms. The molecule has 1 saturated heterocycles. The van der Waals surface area contributed by atoms with Crippen LogP contribution < -0.4 is 20.3 Å². The number of carbonyl (C=O) groups excluding carboxylic acids is 1. The van der Waals surface area contributed by atoms with Crippen molar-refractivity contribution in [1.29, 1.82) is 0 Å². The number of amides is 1. The van der Waals surface area contributed by atoms with Gasteiger partial charge in [-0.3, -0.25) is 4.79 Å². The SMILES string of the molecule is Cc1cc(N2CCCCC2)nc(NCCNS(=O)(=O)c2ccc3c(c2)CCC(=O)N3)n1. The van der Waals surface area contributed by atoms with Gasteiger partial charge >= 0.3 is 0 Å². The highest BCUT2D eigenvalue weighted by atomic mass is 32.2. The van der Waals surface area contributed by atoms with E-state index in [4.69, 9.17) is 0 Å². The van der Waals surface area contributed by atoms with Gasteiger partial charge in [0.2, 0.25) is 21.9 Å². The third kappa shape index (κ3) is 5.31. The van der Waals surface area contributed by atoms with Crippen LogP contribution in [0.1, 0.15) is 36.9 Å². The van der Waals surface area contributed by atoms with E-state index in [1.165, 1.54) is 25.3 Å². The highest BCUT2D eigenvalue weighted by molar-refractivity contribution is 7.89. The number of benzene rings is 1. The van der Waals surface area contributed by atoms with E-state index in [1.807, 2.05) is 13.0 Å². The second kappa shape index (κ2) is 9.19. The van der Waals surface area contributed by atoms with Gasteiger partial charge in [-0.1, -0.05) is 0 Å². The quantitative estimate of drug-likeness (QED) is 0.560. The van der Waals surface area contributed by atoms with Crippen molar-refractivity contribution in [3.8, 4) is 0 Å². The minimum Gasteiger partial charge on any atom is -0.356 e. The fourth-order valence-electron chi connectivity index (χ4n) is 3.89. The smallest absolute Gasteiger partial charge is 0.240 e. The van der Waals surface area contributed by atoms with Gasteiger partial charge in [0.25, 0.3) is 0 Å². The lowest BCUT2D eigenvalue weighted by atomic mass is 10.0. The summed E-state index contributed by atoms with van der Waals surface area (Å²) in [5.74, 6) is 1.37. The molecule has 0 radical (unpaired) electrons. The maximum Gasteiger partial charge on any atom is 0.240 e. The van der Waals surface area contributed by atoms with Crippen LogP contribution in [-0.4, -0.2) is 50.5 Å². The summed E-state index contributed by atoms with van der Waals surface area (Å²) < 4.78 is 27.9. The summed E-state index contributed by atoms with van der Waals surface area (Å²) in [5.41, 5.74) is 2.39. The largest absolute Gasteiger partial charge is 0.356 e. The van der Waals surface area contributed by atoms with Crippen LogP contribution in [0.3, 0.4) is 0 Å². The van der Waals surface area contributed by atoms with Gasteiger partial charge in [-0.15, -0.1) is 0 Å². The molecule has 0 atom stereocenters.